The second kappa shape index (κ2) is 7.51. The predicted molar refractivity (Wildman–Crippen MR) is 74.4 cm³/mol. The van der Waals surface area contributed by atoms with Gasteiger partial charge in [-0.1, -0.05) is 13.8 Å². The Bertz CT molecular complexity index is 521. The highest BCUT2D eigenvalue weighted by Crippen LogP contribution is 2.30. The summed E-state index contributed by atoms with van der Waals surface area (Å²) in [4.78, 5) is 21.3. The molecular formula is C13H17F2N3O3. The fourth-order valence-corrected chi connectivity index (χ4v) is 1.56. The van der Waals surface area contributed by atoms with Crippen LogP contribution in [-0.4, -0.2) is 23.9 Å². The molecule has 8 heteroatoms. The largest absolute Gasteiger partial charge is 0.376 e. The van der Waals surface area contributed by atoms with E-state index in [9.17, 15) is 23.7 Å². The predicted octanol–water partition coefficient (Wildman–Crippen LogP) is 2.72. The Morgan fingerprint density at radius 3 is 2.57 bits per heavy atom. The van der Waals surface area contributed by atoms with Gasteiger partial charge in [0.15, 0.2) is 0 Å². The summed E-state index contributed by atoms with van der Waals surface area (Å²) in [6.07, 6.45) is -2.87. The number of carbonyl (C=O) groups excluding carboxylic acids is 1. The van der Waals surface area contributed by atoms with Gasteiger partial charge in [0.05, 0.1) is 11.5 Å². The summed E-state index contributed by atoms with van der Waals surface area (Å²) >= 11 is 0. The molecule has 0 heterocycles. The van der Waals surface area contributed by atoms with Crippen LogP contribution in [0.3, 0.4) is 0 Å². The number of nitro groups is 1. The maximum absolute atomic E-state index is 12.9. The third-order valence-corrected chi connectivity index (χ3v) is 2.63. The van der Waals surface area contributed by atoms with Crippen LogP contribution >= 0.6 is 0 Å². The van der Waals surface area contributed by atoms with Crippen molar-refractivity contribution in [3.63, 3.8) is 0 Å². The Morgan fingerprint density at radius 1 is 1.38 bits per heavy atom. The highest BCUT2D eigenvalue weighted by Gasteiger charge is 2.18. The normalized spacial score (nSPS) is 10.8. The SMILES string of the molecule is CC(C)CNC(=O)CNc1ccc([N+](=O)[O-])cc1C(F)F. The average molecular weight is 301 g/mol. The van der Waals surface area contributed by atoms with Crippen molar-refractivity contribution in [3.05, 3.63) is 33.9 Å². The smallest absolute Gasteiger partial charge is 0.270 e. The summed E-state index contributed by atoms with van der Waals surface area (Å²) in [6.45, 7) is 4.17. The van der Waals surface area contributed by atoms with Gasteiger partial charge in [-0.3, -0.25) is 14.9 Å². The van der Waals surface area contributed by atoms with E-state index in [0.29, 0.717) is 6.54 Å². The van der Waals surface area contributed by atoms with Crippen molar-refractivity contribution >= 4 is 17.3 Å². The van der Waals surface area contributed by atoms with Crippen LogP contribution in [0.2, 0.25) is 0 Å². The Balaban J connectivity index is 2.74. The number of rotatable bonds is 7. The van der Waals surface area contributed by atoms with Gasteiger partial charge in [-0.05, 0) is 12.0 Å². The molecule has 0 aliphatic carbocycles. The van der Waals surface area contributed by atoms with Crippen molar-refractivity contribution in [3.8, 4) is 0 Å². The Hall–Kier alpha value is -2.25. The van der Waals surface area contributed by atoms with Gasteiger partial charge in [0.25, 0.3) is 12.1 Å². The van der Waals surface area contributed by atoms with Gasteiger partial charge in [-0.15, -0.1) is 0 Å². The van der Waals surface area contributed by atoms with Crippen molar-refractivity contribution in [2.24, 2.45) is 5.92 Å². The molecule has 0 saturated heterocycles. The van der Waals surface area contributed by atoms with Gasteiger partial charge < -0.3 is 10.6 Å². The molecule has 0 bridgehead atoms. The van der Waals surface area contributed by atoms with E-state index in [1.165, 1.54) is 6.07 Å². The van der Waals surface area contributed by atoms with E-state index in [1.807, 2.05) is 13.8 Å². The van der Waals surface area contributed by atoms with E-state index in [2.05, 4.69) is 10.6 Å². The van der Waals surface area contributed by atoms with Crippen molar-refractivity contribution in [2.45, 2.75) is 20.3 Å². The van der Waals surface area contributed by atoms with Crippen molar-refractivity contribution in [2.75, 3.05) is 18.4 Å². The average Bonchev–Trinajstić information content (AvgIpc) is 2.42. The summed E-state index contributed by atoms with van der Waals surface area (Å²) in [6, 6.07) is 3.09. The van der Waals surface area contributed by atoms with Crippen LogP contribution in [0.1, 0.15) is 25.8 Å². The van der Waals surface area contributed by atoms with Crippen LogP contribution in [0, 0.1) is 16.0 Å². The lowest BCUT2D eigenvalue weighted by atomic mass is 10.1. The fourth-order valence-electron chi connectivity index (χ4n) is 1.56. The van der Waals surface area contributed by atoms with E-state index in [4.69, 9.17) is 0 Å². The van der Waals surface area contributed by atoms with Gasteiger partial charge in [-0.25, -0.2) is 8.78 Å². The molecule has 0 aliphatic heterocycles. The number of amides is 1. The van der Waals surface area contributed by atoms with E-state index < -0.39 is 22.6 Å². The lowest BCUT2D eigenvalue weighted by molar-refractivity contribution is -0.385. The summed E-state index contributed by atoms with van der Waals surface area (Å²) in [5.41, 5.74) is -0.906. The molecule has 0 unspecified atom stereocenters. The molecule has 0 radical (unpaired) electrons. The number of halogens is 2. The minimum absolute atomic E-state index is 0.00953. The van der Waals surface area contributed by atoms with E-state index in [1.54, 1.807) is 0 Å². The topological polar surface area (TPSA) is 84.3 Å². The highest BCUT2D eigenvalue weighted by molar-refractivity contribution is 5.81. The van der Waals surface area contributed by atoms with Crippen molar-refractivity contribution in [1.29, 1.82) is 0 Å². The molecule has 0 aliphatic rings. The molecule has 0 saturated carbocycles. The first-order chi connectivity index (χ1) is 9.81. The number of nitrogens with one attached hydrogen (secondary N) is 2. The number of hydrogen-bond acceptors (Lipinski definition) is 4. The summed E-state index contributed by atoms with van der Waals surface area (Å²) in [5, 5.41) is 15.8. The number of non-ortho nitro benzene ring substituents is 1. The van der Waals surface area contributed by atoms with Crippen LogP contribution < -0.4 is 10.6 Å². The minimum Gasteiger partial charge on any atom is -0.376 e. The highest BCUT2D eigenvalue weighted by atomic mass is 19.3. The third-order valence-electron chi connectivity index (χ3n) is 2.63. The van der Waals surface area contributed by atoms with Crippen LogP contribution in [0.25, 0.3) is 0 Å². The molecule has 0 fully saturated rings. The zero-order valence-corrected chi connectivity index (χ0v) is 11.7. The number of carbonyl (C=O) groups is 1. The molecule has 0 spiro atoms. The molecule has 1 aromatic carbocycles. The van der Waals surface area contributed by atoms with Gasteiger partial charge in [0.1, 0.15) is 0 Å². The molecule has 2 N–H and O–H groups in total. The number of nitro benzene ring substituents is 1. The molecule has 0 aromatic heterocycles. The lowest BCUT2D eigenvalue weighted by Gasteiger charge is -2.12. The molecule has 1 amide bonds. The monoisotopic (exact) mass is 301 g/mol. The molecule has 116 valence electrons. The van der Waals surface area contributed by atoms with Crippen LogP contribution in [0.15, 0.2) is 18.2 Å². The zero-order chi connectivity index (χ0) is 16.0. The number of nitrogens with zero attached hydrogens (tertiary/aromatic N) is 1. The number of anilines is 1. The molecule has 0 atom stereocenters. The van der Waals surface area contributed by atoms with E-state index in [0.717, 1.165) is 12.1 Å². The summed E-state index contributed by atoms with van der Waals surface area (Å²) < 4.78 is 25.8. The zero-order valence-electron chi connectivity index (χ0n) is 11.7. The minimum atomic E-state index is -2.87. The second-order valence-electron chi connectivity index (χ2n) is 4.88. The van der Waals surface area contributed by atoms with Crippen molar-refractivity contribution < 1.29 is 18.5 Å². The Labute approximate surface area is 120 Å². The quantitative estimate of drug-likeness (QED) is 0.599. The standard InChI is InChI=1S/C13H17F2N3O3/c1-8(2)6-17-12(19)7-16-11-4-3-9(18(20)21)5-10(11)13(14)15/h3-5,8,13,16H,6-7H2,1-2H3,(H,17,19). The van der Waals surface area contributed by atoms with Gasteiger partial charge >= 0.3 is 0 Å². The molecule has 1 rings (SSSR count). The number of hydrogen-bond donors (Lipinski definition) is 2. The first kappa shape index (κ1) is 16.8. The number of alkyl halides is 2. The first-order valence-corrected chi connectivity index (χ1v) is 6.38. The fraction of sp³-hybridized carbons (Fsp3) is 0.462. The maximum Gasteiger partial charge on any atom is 0.270 e. The molecular weight excluding hydrogens is 284 g/mol. The maximum atomic E-state index is 12.9. The molecule has 21 heavy (non-hydrogen) atoms. The van der Waals surface area contributed by atoms with E-state index >= 15 is 0 Å². The van der Waals surface area contributed by atoms with E-state index in [-0.39, 0.29) is 24.1 Å². The molecule has 1 aromatic rings. The van der Waals surface area contributed by atoms with Crippen LogP contribution in [0.4, 0.5) is 20.2 Å². The third kappa shape index (κ3) is 5.33. The van der Waals surface area contributed by atoms with Crippen molar-refractivity contribution in [1.82, 2.24) is 5.32 Å². The van der Waals surface area contributed by atoms with Gasteiger partial charge in [0.2, 0.25) is 5.91 Å². The second-order valence-corrected chi connectivity index (χ2v) is 4.88. The first-order valence-electron chi connectivity index (χ1n) is 6.38. The number of benzene rings is 1. The summed E-state index contributed by atoms with van der Waals surface area (Å²) in [5.74, 6) is -0.0489. The van der Waals surface area contributed by atoms with Gasteiger partial charge in [-0.2, -0.15) is 0 Å². The lowest BCUT2D eigenvalue weighted by Crippen LogP contribution is -2.32. The Morgan fingerprint density at radius 2 is 2.05 bits per heavy atom. The molecule has 6 nitrogen and oxygen atoms in total. The summed E-state index contributed by atoms with van der Waals surface area (Å²) in [7, 11) is 0. The van der Waals surface area contributed by atoms with Crippen LogP contribution in [0.5, 0.6) is 0 Å². The van der Waals surface area contributed by atoms with Crippen LogP contribution in [-0.2, 0) is 4.79 Å². The Kier molecular flexibility index (Phi) is 6.01. The van der Waals surface area contributed by atoms with Gasteiger partial charge in [0, 0.05) is 29.9 Å².